The predicted octanol–water partition coefficient (Wildman–Crippen LogP) is 4.81. The number of hydrogen-bond donors (Lipinski definition) is 1. The van der Waals surface area contributed by atoms with Crippen LogP contribution in [0.15, 0.2) is 49.1 Å². The summed E-state index contributed by atoms with van der Waals surface area (Å²) >= 11 is 0. The number of pyridine rings is 1. The third-order valence-corrected chi connectivity index (χ3v) is 6.63. The van der Waals surface area contributed by atoms with Crippen molar-refractivity contribution < 1.29 is 13.9 Å². The van der Waals surface area contributed by atoms with Crippen molar-refractivity contribution in [1.82, 2.24) is 19.4 Å². The quantitative estimate of drug-likeness (QED) is 0.445. The van der Waals surface area contributed by atoms with Gasteiger partial charge in [0.25, 0.3) is 0 Å². The molecule has 0 saturated carbocycles. The van der Waals surface area contributed by atoms with Gasteiger partial charge in [0.15, 0.2) is 11.5 Å². The molecule has 0 atom stereocenters. The topological polar surface area (TPSA) is 76.8 Å². The van der Waals surface area contributed by atoms with Gasteiger partial charge in [-0.3, -0.25) is 0 Å². The van der Waals surface area contributed by atoms with Gasteiger partial charge >= 0.3 is 0 Å². The highest BCUT2D eigenvalue weighted by molar-refractivity contribution is 5.76. The maximum Gasteiger partial charge on any atom is 0.216 e. The summed E-state index contributed by atoms with van der Waals surface area (Å²) in [5.74, 6) is 2.08. The molecule has 0 amide bonds. The van der Waals surface area contributed by atoms with Crippen LogP contribution in [-0.4, -0.2) is 52.3 Å². The molecule has 1 aromatic carbocycles. The van der Waals surface area contributed by atoms with Gasteiger partial charge in [-0.25, -0.2) is 19.3 Å². The molecule has 0 unspecified atom stereocenters. The molecule has 180 valence electrons. The Labute approximate surface area is 202 Å². The number of rotatable bonds is 5. The number of ether oxygens (including phenoxy) is 2. The highest BCUT2D eigenvalue weighted by atomic mass is 19.1. The average Bonchev–Trinajstić information content (AvgIpc) is 3.38. The Hall–Kier alpha value is -3.88. The van der Waals surface area contributed by atoms with E-state index >= 15 is 0 Å². The fourth-order valence-electron chi connectivity index (χ4n) is 4.78. The molecule has 6 rings (SSSR count). The zero-order valence-electron chi connectivity index (χ0n) is 19.6. The summed E-state index contributed by atoms with van der Waals surface area (Å²) < 4.78 is 26.9. The molecule has 1 N–H and O–H groups in total. The molecule has 35 heavy (non-hydrogen) atoms. The van der Waals surface area contributed by atoms with E-state index in [4.69, 9.17) is 14.5 Å². The van der Waals surface area contributed by atoms with E-state index < -0.39 is 6.17 Å². The third kappa shape index (κ3) is 4.22. The van der Waals surface area contributed by atoms with Crippen molar-refractivity contribution >= 4 is 22.8 Å². The van der Waals surface area contributed by atoms with Crippen LogP contribution in [0.2, 0.25) is 0 Å². The molecule has 9 heteroatoms. The molecule has 4 aromatic rings. The number of aryl methyl sites for hydroxylation is 1. The molecule has 5 heterocycles. The van der Waals surface area contributed by atoms with Gasteiger partial charge in [0, 0.05) is 60.8 Å². The smallest absolute Gasteiger partial charge is 0.216 e. The number of nitrogens with one attached hydrogen (secondary N) is 1. The number of halogens is 1. The Morgan fingerprint density at radius 3 is 2.91 bits per heavy atom. The lowest BCUT2D eigenvalue weighted by Crippen LogP contribution is -2.34. The Balaban J connectivity index is 1.33. The lowest BCUT2D eigenvalue weighted by atomic mass is 10.1. The van der Waals surface area contributed by atoms with Gasteiger partial charge in [0.05, 0.1) is 25.1 Å². The predicted molar refractivity (Wildman–Crippen MR) is 133 cm³/mol. The van der Waals surface area contributed by atoms with Crippen LogP contribution >= 0.6 is 0 Å². The molecule has 0 radical (unpaired) electrons. The van der Waals surface area contributed by atoms with Crippen LogP contribution in [0.4, 0.5) is 21.6 Å². The number of fused-ring (bicyclic) bond motifs is 2. The van der Waals surface area contributed by atoms with Crippen molar-refractivity contribution in [2.45, 2.75) is 31.9 Å². The minimum atomic E-state index is -0.716. The Morgan fingerprint density at radius 1 is 1.17 bits per heavy atom. The van der Waals surface area contributed by atoms with E-state index in [0.717, 1.165) is 52.4 Å². The summed E-state index contributed by atoms with van der Waals surface area (Å²) in [6, 6.07) is 8.06. The largest absolute Gasteiger partial charge is 0.495 e. The summed E-state index contributed by atoms with van der Waals surface area (Å²) in [5, 5.41) is 3.42. The van der Waals surface area contributed by atoms with Crippen LogP contribution < -0.4 is 19.7 Å². The minimum absolute atomic E-state index is 0.543. The van der Waals surface area contributed by atoms with Gasteiger partial charge < -0.3 is 24.1 Å². The van der Waals surface area contributed by atoms with E-state index in [-0.39, 0.29) is 0 Å². The fourth-order valence-corrected chi connectivity index (χ4v) is 4.78. The zero-order valence-corrected chi connectivity index (χ0v) is 19.6. The number of anilines is 3. The average molecular weight is 475 g/mol. The Kier molecular flexibility index (Phi) is 5.60. The first-order chi connectivity index (χ1) is 17.2. The van der Waals surface area contributed by atoms with Crippen molar-refractivity contribution in [3.8, 4) is 22.9 Å². The van der Waals surface area contributed by atoms with Crippen LogP contribution in [0.1, 0.15) is 24.8 Å². The van der Waals surface area contributed by atoms with Crippen LogP contribution in [-0.2, 0) is 6.42 Å². The van der Waals surface area contributed by atoms with E-state index in [1.165, 1.54) is 0 Å². The number of methoxy groups -OCH3 is 1. The van der Waals surface area contributed by atoms with Gasteiger partial charge in [0.1, 0.15) is 11.9 Å². The molecule has 0 bridgehead atoms. The molecule has 0 aliphatic carbocycles. The normalized spacial score (nSPS) is 16.1. The maximum atomic E-state index is 13.6. The van der Waals surface area contributed by atoms with Gasteiger partial charge in [0.2, 0.25) is 5.88 Å². The first-order valence-corrected chi connectivity index (χ1v) is 12.0. The van der Waals surface area contributed by atoms with Crippen LogP contribution in [0, 0.1) is 0 Å². The molecule has 1 fully saturated rings. The van der Waals surface area contributed by atoms with E-state index in [1.807, 2.05) is 35.0 Å². The Morgan fingerprint density at radius 2 is 2.06 bits per heavy atom. The van der Waals surface area contributed by atoms with Crippen molar-refractivity contribution in [3.05, 3.63) is 54.6 Å². The van der Waals surface area contributed by atoms with Crippen LogP contribution in [0.3, 0.4) is 0 Å². The monoisotopic (exact) mass is 474 g/mol. The van der Waals surface area contributed by atoms with E-state index in [2.05, 4.69) is 26.3 Å². The van der Waals surface area contributed by atoms with Crippen molar-refractivity contribution in [2.24, 2.45) is 0 Å². The number of nitrogens with zero attached hydrogens (tertiary/aromatic N) is 5. The summed E-state index contributed by atoms with van der Waals surface area (Å²) in [6.07, 6.45) is 9.72. The molecule has 2 aliphatic heterocycles. The summed E-state index contributed by atoms with van der Waals surface area (Å²) in [7, 11) is 1.66. The molecular weight excluding hydrogens is 447 g/mol. The fraction of sp³-hybridized carbons (Fsp3) is 0.346. The second-order valence-electron chi connectivity index (χ2n) is 8.95. The number of alkyl halides is 1. The summed E-state index contributed by atoms with van der Waals surface area (Å²) in [6.45, 7) is 2.08. The number of aromatic nitrogens is 4. The second-order valence-corrected chi connectivity index (χ2v) is 8.95. The molecule has 8 nitrogen and oxygen atoms in total. The molecule has 2 aliphatic rings. The standard InChI is InChI=1S/C26H27FN6O2/c1-34-23-14-20(4-5-22(23)32-9-6-19(27)7-10-32)30-24-25-28-8-11-33(25)16-21(31-24)18-13-17-3-2-12-35-26(17)29-15-18/h4-5,8,11,13-16,19H,2-3,6-7,9-10,12H2,1H3,(H,30,31). The number of benzene rings is 1. The summed E-state index contributed by atoms with van der Waals surface area (Å²) in [4.78, 5) is 16.1. The van der Waals surface area contributed by atoms with Gasteiger partial charge in [-0.05, 0) is 43.9 Å². The third-order valence-electron chi connectivity index (χ3n) is 6.63. The van der Waals surface area contributed by atoms with E-state index in [0.29, 0.717) is 44.2 Å². The molecular formula is C26H27FN6O2. The maximum absolute atomic E-state index is 13.6. The Bertz CT molecular complexity index is 1370. The molecule has 3 aromatic heterocycles. The van der Waals surface area contributed by atoms with Gasteiger partial charge in [-0.1, -0.05) is 0 Å². The van der Waals surface area contributed by atoms with Gasteiger partial charge in [-0.15, -0.1) is 0 Å². The van der Waals surface area contributed by atoms with E-state index in [9.17, 15) is 4.39 Å². The van der Waals surface area contributed by atoms with Gasteiger partial charge in [-0.2, -0.15) is 0 Å². The lowest BCUT2D eigenvalue weighted by Gasteiger charge is -2.31. The van der Waals surface area contributed by atoms with Crippen molar-refractivity contribution in [2.75, 3.05) is 37.0 Å². The second kappa shape index (κ2) is 9.05. The zero-order chi connectivity index (χ0) is 23.8. The first kappa shape index (κ1) is 21.6. The minimum Gasteiger partial charge on any atom is -0.495 e. The SMILES string of the molecule is COc1cc(Nc2nc(-c3cnc4c(c3)CCCO4)cn3ccnc23)ccc1N1CCC(F)CC1. The molecule has 0 spiro atoms. The highest BCUT2D eigenvalue weighted by Crippen LogP contribution is 2.35. The highest BCUT2D eigenvalue weighted by Gasteiger charge is 2.21. The van der Waals surface area contributed by atoms with Crippen molar-refractivity contribution in [3.63, 3.8) is 0 Å². The number of imidazole rings is 1. The summed E-state index contributed by atoms with van der Waals surface area (Å²) in [5.41, 5.74) is 5.34. The number of hydrogen-bond acceptors (Lipinski definition) is 7. The number of piperidine rings is 1. The first-order valence-electron chi connectivity index (χ1n) is 12.0. The van der Waals surface area contributed by atoms with Crippen LogP contribution in [0.5, 0.6) is 11.6 Å². The molecule has 1 saturated heterocycles. The lowest BCUT2D eigenvalue weighted by molar-refractivity contribution is 0.276. The van der Waals surface area contributed by atoms with E-state index in [1.54, 1.807) is 19.5 Å². The van der Waals surface area contributed by atoms with Crippen LogP contribution in [0.25, 0.3) is 16.9 Å². The van der Waals surface area contributed by atoms with Crippen molar-refractivity contribution in [1.29, 1.82) is 0 Å².